The number of carbonyl (C=O) groups excluding carboxylic acids is 2. The standard InChI is InChI=1S/C29H48O3/c1-18(2)10-9-11-19(3)21-13-14-22-25-23(15-17-29(21,22)6)28(5)16-8-7-12-24(28)27(26(25)31)32-20(4)30/h18-19,21-25,27H,7-17H2,1-6H3/t19-,21-,22+,23+,24-,25-,27+,28-,29+/m1/s1. The van der Waals surface area contributed by atoms with E-state index < -0.39 is 6.10 Å². The zero-order valence-electron chi connectivity index (χ0n) is 21.6. The van der Waals surface area contributed by atoms with Crippen LogP contribution in [0.1, 0.15) is 112 Å². The summed E-state index contributed by atoms with van der Waals surface area (Å²) in [6.45, 7) is 13.6. The van der Waals surface area contributed by atoms with Crippen molar-refractivity contribution < 1.29 is 14.3 Å². The van der Waals surface area contributed by atoms with Gasteiger partial charge in [0.2, 0.25) is 0 Å². The Kier molecular flexibility index (Phi) is 6.87. The summed E-state index contributed by atoms with van der Waals surface area (Å²) >= 11 is 0. The number of rotatable bonds is 6. The Morgan fingerprint density at radius 2 is 1.66 bits per heavy atom. The lowest BCUT2D eigenvalue weighted by molar-refractivity contribution is -0.190. The van der Waals surface area contributed by atoms with Gasteiger partial charge in [-0.15, -0.1) is 0 Å². The van der Waals surface area contributed by atoms with E-state index in [0.29, 0.717) is 17.6 Å². The fraction of sp³-hybridized carbons (Fsp3) is 0.931. The van der Waals surface area contributed by atoms with Crippen LogP contribution in [-0.2, 0) is 14.3 Å². The summed E-state index contributed by atoms with van der Waals surface area (Å²) in [5, 5.41) is 0. The Morgan fingerprint density at radius 3 is 2.34 bits per heavy atom. The normalized spacial score (nSPS) is 44.5. The fourth-order valence-corrected chi connectivity index (χ4v) is 9.35. The number of hydrogen-bond donors (Lipinski definition) is 0. The molecule has 0 aromatic carbocycles. The lowest BCUT2D eigenvalue weighted by Gasteiger charge is -2.61. The van der Waals surface area contributed by atoms with Crippen LogP contribution in [0.5, 0.6) is 0 Å². The SMILES string of the molecule is CC(=O)O[C@@H]1C(=O)[C@@H]2[C@@H]3CC[C@H]([C@H](C)CCCC(C)C)[C@]3(C)CC[C@@H]2[C@@]2(C)CCCC[C@H]12. The number of ketones is 1. The van der Waals surface area contributed by atoms with E-state index in [4.69, 9.17) is 4.74 Å². The van der Waals surface area contributed by atoms with Gasteiger partial charge in [-0.25, -0.2) is 0 Å². The van der Waals surface area contributed by atoms with Crippen LogP contribution in [0.3, 0.4) is 0 Å². The van der Waals surface area contributed by atoms with Crippen molar-refractivity contribution >= 4 is 11.8 Å². The van der Waals surface area contributed by atoms with Gasteiger partial charge in [0.1, 0.15) is 0 Å². The number of fused-ring (bicyclic) bond motifs is 5. The van der Waals surface area contributed by atoms with E-state index in [0.717, 1.165) is 24.2 Å². The highest BCUT2D eigenvalue weighted by molar-refractivity contribution is 5.89. The van der Waals surface area contributed by atoms with Crippen LogP contribution in [0.2, 0.25) is 0 Å². The molecule has 4 fully saturated rings. The van der Waals surface area contributed by atoms with E-state index in [9.17, 15) is 9.59 Å². The minimum atomic E-state index is -0.496. The van der Waals surface area contributed by atoms with Gasteiger partial charge < -0.3 is 4.74 Å². The molecule has 32 heavy (non-hydrogen) atoms. The van der Waals surface area contributed by atoms with Crippen molar-refractivity contribution in [3.63, 3.8) is 0 Å². The van der Waals surface area contributed by atoms with Gasteiger partial charge in [0.05, 0.1) is 0 Å². The molecule has 0 aliphatic heterocycles. The lowest BCUT2D eigenvalue weighted by atomic mass is 9.43. The quantitative estimate of drug-likeness (QED) is 0.406. The van der Waals surface area contributed by atoms with Gasteiger partial charge in [0.15, 0.2) is 11.9 Å². The average Bonchev–Trinajstić information content (AvgIpc) is 3.07. The molecule has 0 N–H and O–H groups in total. The Morgan fingerprint density at radius 1 is 0.938 bits per heavy atom. The second-order valence-corrected chi connectivity index (χ2v) is 13.1. The molecule has 0 aromatic heterocycles. The molecule has 0 saturated heterocycles. The summed E-state index contributed by atoms with van der Waals surface area (Å²) in [5.41, 5.74) is 0.423. The van der Waals surface area contributed by atoms with Gasteiger partial charge in [-0.2, -0.15) is 0 Å². The highest BCUT2D eigenvalue weighted by Gasteiger charge is 2.65. The summed E-state index contributed by atoms with van der Waals surface area (Å²) in [4.78, 5) is 26.0. The first-order valence-corrected chi connectivity index (χ1v) is 13.8. The van der Waals surface area contributed by atoms with Crippen LogP contribution < -0.4 is 0 Å². The largest absolute Gasteiger partial charge is 0.454 e. The fourth-order valence-electron chi connectivity index (χ4n) is 9.35. The smallest absolute Gasteiger partial charge is 0.303 e. The molecular formula is C29H48O3. The molecule has 0 amide bonds. The highest BCUT2D eigenvalue weighted by atomic mass is 16.5. The van der Waals surface area contributed by atoms with Crippen LogP contribution in [-0.4, -0.2) is 17.9 Å². The summed E-state index contributed by atoms with van der Waals surface area (Å²) in [6, 6.07) is 0. The van der Waals surface area contributed by atoms with Crippen LogP contribution in [0.15, 0.2) is 0 Å². The Balaban J connectivity index is 1.59. The predicted molar refractivity (Wildman–Crippen MR) is 129 cm³/mol. The van der Waals surface area contributed by atoms with Gasteiger partial charge in [-0.05, 0) is 78.9 Å². The molecule has 182 valence electrons. The monoisotopic (exact) mass is 444 g/mol. The topological polar surface area (TPSA) is 43.4 Å². The maximum Gasteiger partial charge on any atom is 0.303 e. The van der Waals surface area contributed by atoms with E-state index in [1.54, 1.807) is 0 Å². The molecular weight excluding hydrogens is 396 g/mol. The van der Waals surface area contributed by atoms with Crippen LogP contribution in [0.4, 0.5) is 0 Å². The van der Waals surface area contributed by atoms with Gasteiger partial charge in [0, 0.05) is 18.8 Å². The first-order valence-electron chi connectivity index (χ1n) is 13.8. The van der Waals surface area contributed by atoms with Crippen LogP contribution >= 0.6 is 0 Å². The lowest BCUT2D eigenvalue weighted by Crippen LogP contribution is -2.62. The van der Waals surface area contributed by atoms with E-state index in [1.807, 2.05) is 0 Å². The minimum Gasteiger partial charge on any atom is -0.454 e. The molecule has 4 aliphatic carbocycles. The third-order valence-corrected chi connectivity index (χ3v) is 10.9. The number of Topliss-reactive ketones (excluding diaryl/α,β-unsaturated/α-hetero) is 1. The van der Waals surface area contributed by atoms with Gasteiger partial charge in [-0.1, -0.05) is 66.7 Å². The molecule has 9 atom stereocenters. The third kappa shape index (κ3) is 3.98. The van der Waals surface area contributed by atoms with Gasteiger partial charge >= 0.3 is 5.97 Å². The zero-order chi connectivity index (χ0) is 23.3. The van der Waals surface area contributed by atoms with Crippen molar-refractivity contribution in [1.82, 2.24) is 0 Å². The van der Waals surface area contributed by atoms with Gasteiger partial charge in [0.25, 0.3) is 0 Å². The maximum absolute atomic E-state index is 14.0. The second kappa shape index (κ2) is 9.06. The minimum absolute atomic E-state index is 0.102. The molecule has 0 spiro atoms. The molecule has 4 saturated carbocycles. The summed E-state index contributed by atoms with van der Waals surface area (Å²) in [7, 11) is 0. The molecule has 3 heteroatoms. The van der Waals surface area contributed by atoms with Crippen molar-refractivity contribution in [3.8, 4) is 0 Å². The molecule has 0 bridgehead atoms. The Bertz CT molecular complexity index is 713. The first kappa shape index (κ1) is 24.3. The molecule has 0 heterocycles. The van der Waals surface area contributed by atoms with Crippen molar-refractivity contribution in [1.29, 1.82) is 0 Å². The summed E-state index contributed by atoms with van der Waals surface area (Å²) < 4.78 is 5.83. The second-order valence-electron chi connectivity index (χ2n) is 13.1. The molecule has 4 aliphatic rings. The molecule has 3 nitrogen and oxygen atoms in total. The molecule has 0 radical (unpaired) electrons. The summed E-state index contributed by atoms with van der Waals surface area (Å²) in [6.07, 6.45) is 13.1. The van der Waals surface area contributed by atoms with Crippen molar-refractivity contribution in [2.24, 2.45) is 52.3 Å². The number of hydrogen-bond acceptors (Lipinski definition) is 3. The predicted octanol–water partition coefficient (Wildman–Crippen LogP) is 7.22. The van der Waals surface area contributed by atoms with Gasteiger partial charge in [-0.3, -0.25) is 9.59 Å². The van der Waals surface area contributed by atoms with E-state index in [2.05, 4.69) is 34.6 Å². The van der Waals surface area contributed by atoms with Crippen molar-refractivity contribution in [3.05, 3.63) is 0 Å². The zero-order valence-corrected chi connectivity index (χ0v) is 21.6. The number of carbonyl (C=O) groups is 2. The molecule has 4 rings (SSSR count). The Labute approximate surface area is 196 Å². The van der Waals surface area contributed by atoms with Crippen molar-refractivity contribution in [2.75, 3.05) is 0 Å². The van der Waals surface area contributed by atoms with E-state index >= 15 is 0 Å². The highest BCUT2D eigenvalue weighted by Crippen LogP contribution is 2.68. The molecule has 0 aromatic rings. The average molecular weight is 445 g/mol. The van der Waals surface area contributed by atoms with Crippen LogP contribution in [0.25, 0.3) is 0 Å². The Hall–Kier alpha value is -0.860. The maximum atomic E-state index is 14.0. The number of esters is 1. The molecule has 0 unspecified atom stereocenters. The third-order valence-electron chi connectivity index (χ3n) is 10.9. The van der Waals surface area contributed by atoms with Crippen molar-refractivity contribution in [2.45, 2.75) is 118 Å². The van der Waals surface area contributed by atoms with Crippen LogP contribution in [0, 0.1) is 52.3 Å². The first-order chi connectivity index (χ1) is 15.1. The van der Waals surface area contributed by atoms with E-state index in [-0.39, 0.29) is 28.6 Å². The number of ether oxygens (including phenoxy) is 1. The van der Waals surface area contributed by atoms with E-state index in [1.165, 1.54) is 71.1 Å². The summed E-state index contributed by atoms with van der Waals surface area (Å²) in [5.74, 6) is 3.56.